The quantitative estimate of drug-likeness (QED) is 0.592. The maximum Gasteiger partial charge on any atom is 0.123 e. The van der Waals surface area contributed by atoms with Gasteiger partial charge in [-0.05, 0) is 24.3 Å². The summed E-state index contributed by atoms with van der Waals surface area (Å²) in [5.74, 6) is 0.685. The van der Waals surface area contributed by atoms with Crippen molar-refractivity contribution < 1.29 is 4.39 Å². The lowest BCUT2D eigenvalue weighted by Gasteiger charge is -1.96. The molecule has 0 aromatic heterocycles. The van der Waals surface area contributed by atoms with Crippen LogP contribution in [0.1, 0.15) is 0 Å². The van der Waals surface area contributed by atoms with E-state index in [-0.39, 0.29) is 5.82 Å². The van der Waals surface area contributed by atoms with E-state index < -0.39 is 0 Å². The van der Waals surface area contributed by atoms with E-state index in [1.807, 2.05) is 12.2 Å². The van der Waals surface area contributed by atoms with Crippen LogP contribution < -0.4 is 5.73 Å². The van der Waals surface area contributed by atoms with E-state index in [0.717, 1.165) is 10.6 Å². The topological polar surface area (TPSA) is 26.0 Å². The SMILES string of the molecule is NCC=CCSc1ccc(F)cc1. The minimum atomic E-state index is -0.193. The molecule has 0 atom stereocenters. The van der Waals surface area contributed by atoms with Gasteiger partial charge in [0.15, 0.2) is 0 Å². The van der Waals surface area contributed by atoms with Crippen molar-refractivity contribution in [1.29, 1.82) is 0 Å². The Hall–Kier alpha value is -0.800. The maximum atomic E-state index is 12.5. The Morgan fingerprint density at radius 1 is 1.23 bits per heavy atom. The van der Waals surface area contributed by atoms with Gasteiger partial charge in [0.2, 0.25) is 0 Å². The maximum absolute atomic E-state index is 12.5. The fraction of sp³-hybridized carbons (Fsp3) is 0.200. The van der Waals surface area contributed by atoms with E-state index in [9.17, 15) is 4.39 Å². The molecule has 3 heteroatoms. The third-order valence-electron chi connectivity index (χ3n) is 1.46. The molecule has 0 saturated heterocycles. The Morgan fingerprint density at radius 2 is 1.92 bits per heavy atom. The molecule has 13 heavy (non-hydrogen) atoms. The summed E-state index contributed by atoms with van der Waals surface area (Å²) < 4.78 is 12.5. The van der Waals surface area contributed by atoms with Crippen LogP contribution in [0.2, 0.25) is 0 Å². The molecule has 1 nitrogen and oxygen atoms in total. The van der Waals surface area contributed by atoms with Crippen molar-refractivity contribution in [2.45, 2.75) is 4.90 Å². The normalized spacial score (nSPS) is 10.9. The molecule has 70 valence electrons. The van der Waals surface area contributed by atoms with Crippen LogP contribution in [0.5, 0.6) is 0 Å². The molecular formula is C10H12FNS. The smallest absolute Gasteiger partial charge is 0.123 e. The molecular weight excluding hydrogens is 185 g/mol. The summed E-state index contributed by atoms with van der Waals surface area (Å²) in [6.45, 7) is 0.573. The number of hydrogen-bond acceptors (Lipinski definition) is 2. The molecule has 0 fully saturated rings. The molecule has 2 N–H and O–H groups in total. The van der Waals surface area contributed by atoms with Gasteiger partial charge in [0.05, 0.1) is 0 Å². The second-order valence-corrected chi connectivity index (χ2v) is 3.57. The van der Waals surface area contributed by atoms with Crippen molar-refractivity contribution in [2.24, 2.45) is 5.73 Å². The largest absolute Gasteiger partial charge is 0.327 e. The zero-order valence-corrected chi connectivity index (χ0v) is 8.06. The molecule has 0 radical (unpaired) electrons. The van der Waals surface area contributed by atoms with Crippen molar-refractivity contribution in [1.82, 2.24) is 0 Å². The van der Waals surface area contributed by atoms with E-state index in [2.05, 4.69) is 0 Å². The predicted octanol–water partition coefficient (Wildman–Crippen LogP) is 2.43. The van der Waals surface area contributed by atoms with Crippen LogP contribution in [0, 0.1) is 5.82 Å². The fourth-order valence-electron chi connectivity index (χ4n) is 0.839. The second kappa shape index (κ2) is 5.78. The number of benzene rings is 1. The van der Waals surface area contributed by atoms with Crippen LogP contribution in [0.4, 0.5) is 4.39 Å². The van der Waals surface area contributed by atoms with E-state index in [1.165, 1.54) is 12.1 Å². The highest BCUT2D eigenvalue weighted by atomic mass is 32.2. The molecule has 0 amide bonds. The summed E-state index contributed by atoms with van der Waals surface area (Å²) in [5.41, 5.74) is 5.28. The third kappa shape index (κ3) is 4.10. The molecule has 1 rings (SSSR count). The third-order valence-corrected chi connectivity index (χ3v) is 2.43. The number of thioether (sulfide) groups is 1. The standard InChI is InChI=1S/C10H12FNS/c11-9-3-5-10(6-4-9)13-8-2-1-7-12/h1-6H,7-8,12H2. The molecule has 0 aliphatic rings. The Bertz CT molecular complexity index is 269. The molecule has 0 heterocycles. The Labute approximate surface area is 81.8 Å². The van der Waals surface area contributed by atoms with Gasteiger partial charge in [0, 0.05) is 17.2 Å². The van der Waals surface area contributed by atoms with Gasteiger partial charge < -0.3 is 5.73 Å². The minimum Gasteiger partial charge on any atom is -0.327 e. The van der Waals surface area contributed by atoms with E-state index in [4.69, 9.17) is 5.73 Å². The van der Waals surface area contributed by atoms with Crippen LogP contribution in [0.15, 0.2) is 41.3 Å². The summed E-state index contributed by atoms with van der Waals surface area (Å²) in [5, 5.41) is 0. The summed E-state index contributed by atoms with van der Waals surface area (Å²) in [4.78, 5) is 1.07. The highest BCUT2D eigenvalue weighted by Gasteiger charge is 1.91. The molecule has 1 aromatic carbocycles. The summed E-state index contributed by atoms with van der Waals surface area (Å²) in [7, 11) is 0. The van der Waals surface area contributed by atoms with E-state index >= 15 is 0 Å². The van der Waals surface area contributed by atoms with Crippen LogP contribution in [-0.4, -0.2) is 12.3 Å². The summed E-state index contributed by atoms with van der Waals surface area (Å²) >= 11 is 1.66. The van der Waals surface area contributed by atoms with Gasteiger partial charge in [0.1, 0.15) is 5.82 Å². The second-order valence-electron chi connectivity index (χ2n) is 2.47. The van der Waals surface area contributed by atoms with Crippen LogP contribution in [0.3, 0.4) is 0 Å². The first-order chi connectivity index (χ1) is 6.33. The summed E-state index contributed by atoms with van der Waals surface area (Å²) in [6.07, 6.45) is 3.92. The number of halogens is 1. The van der Waals surface area contributed by atoms with Crippen molar-refractivity contribution in [3.05, 3.63) is 42.2 Å². The van der Waals surface area contributed by atoms with Gasteiger partial charge in [-0.25, -0.2) is 4.39 Å². The Morgan fingerprint density at radius 3 is 2.54 bits per heavy atom. The molecule has 1 aromatic rings. The van der Waals surface area contributed by atoms with Crippen molar-refractivity contribution in [2.75, 3.05) is 12.3 Å². The number of nitrogens with two attached hydrogens (primary N) is 1. The highest BCUT2D eigenvalue weighted by molar-refractivity contribution is 7.99. The van der Waals surface area contributed by atoms with Crippen LogP contribution in [-0.2, 0) is 0 Å². The summed E-state index contributed by atoms with van der Waals surface area (Å²) in [6, 6.07) is 6.48. The van der Waals surface area contributed by atoms with E-state index in [0.29, 0.717) is 6.54 Å². The molecule has 0 aliphatic heterocycles. The highest BCUT2D eigenvalue weighted by Crippen LogP contribution is 2.17. The van der Waals surface area contributed by atoms with Gasteiger partial charge in [0.25, 0.3) is 0 Å². The predicted molar refractivity (Wildman–Crippen MR) is 55.3 cm³/mol. The molecule has 0 bridgehead atoms. The number of hydrogen-bond donors (Lipinski definition) is 1. The zero-order chi connectivity index (χ0) is 9.52. The minimum absolute atomic E-state index is 0.193. The first kappa shape index (κ1) is 10.3. The van der Waals surface area contributed by atoms with Gasteiger partial charge in [-0.15, -0.1) is 11.8 Å². The first-order valence-electron chi connectivity index (χ1n) is 4.06. The van der Waals surface area contributed by atoms with Gasteiger partial charge >= 0.3 is 0 Å². The zero-order valence-electron chi connectivity index (χ0n) is 7.24. The van der Waals surface area contributed by atoms with Gasteiger partial charge in [-0.2, -0.15) is 0 Å². The van der Waals surface area contributed by atoms with Crippen molar-refractivity contribution in [3.63, 3.8) is 0 Å². The fourth-order valence-corrected chi connectivity index (χ4v) is 1.59. The lowest BCUT2D eigenvalue weighted by Crippen LogP contribution is -1.92. The van der Waals surface area contributed by atoms with Crippen LogP contribution >= 0.6 is 11.8 Å². The number of rotatable bonds is 4. The van der Waals surface area contributed by atoms with Crippen molar-refractivity contribution in [3.8, 4) is 0 Å². The van der Waals surface area contributed by atoms with Crippen molar-refractivity contribution >= 4 is 11.8 Å². The van der Waals surface area contributed by atoms with E-state index in [1.54, 1.807) is 23.9 Å². The molecule has 0 saturated carbocycles. The Balaban J connectivity index is 2.37. The lowest BCUT2D eigenvalue weighted by molar-refractivity contribution is 0.626. The van der Waals surface area contributed by atoms with Gasteiger partial charge in [-0.3, -0.25) is 0 Å². The monoisotopic (exact) mass is 197 g/mol. The first-order valence-corrected chi connectivity index (χ1v) is 5.05. The molecule has 0 unspecified atom stereocenters. The average Bonchev–Trinajstić information content (AvgIpc) is 2.15. The van der Waals surface area contributed by atoms with Gasteiger partial charge in [-0.1, -0.05) is 12.2 Å². The van der Waals surface area contributed by atoms with Crippen LogP contribution in [0.25, 0.3) is 0 Å². The Kier molecular flexibility index (Phi) is 4.57. The molecule has 0 aliphatic carbocycles. The molecule has 0 spiro atoms. The average molecular weight is 197 g/mol. The lowest BCUT2D eigenvalue weighted by atomic mass is 10.4.